The quantitative estimate of drug-likeness (QED) is 0.679. The number of fused-ring (bicyclic) bond motifs is 2. The molecule has 0 unspecified atom stereocenters. The van der Waals surface area contributed by atoms with Crippen LogP contribution < -0.4 is 5.73 Å². The van der Waals surface area contributed by atoms with E-state index in [0.717, 1.165) is 12.3 Å². The first kappa shape index (κ1) is 9.47. The van der Waals surface area contributed by atoms with E-state index in [0.29, 0.717) is 29.9 Å². The van der Waals surface area contributed by atoms with E-state index in [-0.39, 0.29) is 0 Å². The second-order valence-corrected chi connectivity index (χ2v) is 5.45. The fraction of sp³-hybridized carbons (Fsp3) is 1.00. The van der Waals surface area contributed by atoms with E-state index < -0.39 is 0 Å². The molecule has 4 atom stereocenters. The topological polar surface area (TPSA) is 46.2 Å². The third-order valence-corrected chi connectivity index (χ3v) is 4.64. The highest BCUT2D eigenvalue weighted by Gasteiger charge is 2.56. The van der Waals surface area contributed by atoms with Crippen LogP contribution in [0, 0.1) is 23.2 Å². The first-order valence-corrected chi connectivity index (χ1v) is 5.43. The van der Waals surface area contributed by atoms with E-state index in [4.69, 9.17) is 10.8 Å². The summed E-state index contributed by atoms with van der Waals surface area (Å²) >= 11 is 0. The van der Waals surface area contributed by atoms with Gasteiger partial charge in [0.2, 0.25) is 0 Å². The fourth-order valence-corrected chi connectivity index (χ4v) is 3.44. The van der Waals surface area contributed by atoms with Gasteiger partial charge in [0.05, 0.1) is 0 Å². The molecule has 0 aromatic carbocycles. The minimum Gasteiger partial charge on any atom is -0.396 e. The third-order valence-electron chi connectivity index (χ3n) is 4.64. The minimum absolute atomic E-state index is 0.304. The molecule has 3 aliphatic carbocycles. The second-order valence-electron chi connectivity index (χ2n) is 5.45. The number of aliphatic hydroxyl groups is 1. The molecule has 3 fully saturated rings. The van der Waals surface area contributed by atoms with Gasteiger partial charge in [-0.3, -0.25) is 0 Å². The van der Waals surface area contributed by atoms with Crippen molar-refractivity contribution in [3.05, 3.63) is 0 Å². The zero-order valence-corrected chi connectivity index (χ0v) is 8.66. The molecule has 0 heterocycles. The average Bonchev–Trinajstić information content (AvgIpc) is 2.08. The monoisotopic (exact) mass is 183 g/mol. The summed E-state index contributed by atoms with van der Waals surface area (Å²) in [4.78, 5) is 0. The highest BCUT2D eigenvalue weighted by Crippen LogP contribution is 2.60. The Balaban J connectivity index is 2.03. The molecule has 3 rings (SSSR count). The van der Waals surface area contributed by atoms with Crippen molar-refractivity contribution in [2.75, 3.05) is 6.61 Å². The van der Waals surface area contributed by atoms with Crippen LogP contribution in [0.5, 0.6) is 0 Å². The molecular formula is C11H21NO. The first-order valence-electron chi connectivity index (χ1n) is 5.43. The van der Waals surface area contributed by atoms with Crippen LogP contribution in [-0.2, 0) is 0 Å². The van der Waals surface area contributed by atoms with Crippen molar-refractivity contribution in [3.63, 3.8) is 0 Å². The Morgan fingerprint density at radius 1 is 1.38 bits per heavy atom. The Hall–Kier alpha value is -0.0800. The summed E-state index contributed by atoms with van der Waals surface area (Å²) in [6.07, 6.45) is 3.48. The Bertz CT molecular complexity index is 202. The van der Waals surface area contributed by atoms with Crippen molar-refractivity contribution >= 4 is 0 Å². The molecule has 3 saturated carbocycles. The first-order chi connectivity index (χ1) is 6.07. The van der Waals surface area contributed by atoms with E-state index in [1.54, 1.807) is 0 Å². The number of nitrogens with two attached hydrogens (primary N) is 1. The molecule has 3 aliphatic rings. The minimum atomic E-state index is 0.304. The maximum absolute atomic E-state index is 8.91. The molecule has 0 radical (unpaired) electrons. The molecule has 2 heteroatoms. The lowest BCUT2D eigenvalue weighted by Gasteiger charge is -2.61. The number of hydrogen-bond acceptors (Lipinski definition) is 2. The molecule has 0 aromatic rings. The predicted molar refractivity (Wildman–Crippen MR) is 53.2 cm³/mol. The predicted octanol–water partition coefficient (Wildman–Crippen LogP) is 1.38. The van der Waals surface area contributed by atoms with Gasteiger partial charge in [-0.05, 0) is 42.4 Å². The number of aliphatic hydroxyl groups excluding tert-OH is 1. The van der Waals surface area contributed by atoms with E-state index in [1.165, 1.54) is 12.8 Å². The van der Waals surface area contributed by atoms with Gasteiger partial charge in [0, 0.05) is 12.6 Å². The third kappa shape index (κ3) is 1.23. The van der Waals surface area contributed by atoms with Gasteiger partial charge in [0.1, 0.15) is 0 Å². The van der Waals surface area contributed by atoms with Crippen LogP contribution in [0.25, 0.3) is 0 Å². The van der Waals surface area contributed by atoms with Gasteiger partial charge in [-0.15, -0.1) is 0 Å². The van der Waals surface area contributed by atoms with Crippen LogP contribution in [0.2, 0.25) is 0 Å². The van der Waals surface area contributed by atoms with Gasteiger partial charge >= 0.3 is 0 Å². The molecule has 13 heavy (non-hydrogen) atoms. The molecule has 2 bridgehead atoms. The lowest BCUT2D eigenvalue weighted by molar-refractivity contribution is -0.107. The van der Waals surface area contributed by atoms with Crippen molar-refractivity contribution in [2.24, 2.45) is 28.9 Å². The molecule has 0 amide bonds. The SMILES string of the molecule is CC1(C)[C@H]2C[C@H](CCO)[C@@H](N)[C@@H]1C2. The van der Waals surface area contributed by atoms with Gasteiger partial charge in [0.15, 0.2) is 0 Å². The Kier molecular flexibility index (Phi) is 2.16. The van der Waals surface area contributed by atoms with E-state index >= 15 is 0 Å². The lowest BCUT2D eigenvalue weighted by Crippen LogP contribution is -2.61. The summed E-state index contributed by atoms with van der Waals surface area (Å²) in [5.41, 5.74) is 6.69. The van der Waals surface area contributed by atoms with Crippen molar-refractivity contribution in [1.29, 1.82) is 0 Å². The fourth-order valence-electron chi connectivity index (χ4n) is 3.44. The summed E-state index contributed by atoms with van der Waals surface area (Å²) in [6.45, 7) is 5.00. The number of hydrogen-bond donors (Lipinski definition) is 2. The highest BCUT2D eigenvalue weighted by molar-refractivity contribution is 5.07. The summed E-state index contributed by atoms with van der Waals surface area (Å²) < 4.78 is 0. The Labute approximate surface area is 80.5 Å². The molecule has 2 nitrogen and oxygen atoms in total. The van der Waals surface area contributed by atoms with Crippen LogP contribution in [0.15, 0.2) is 0 Å². The zero-order valence-electron chi connectivity index (χ0n) is 8.66. The maximum atomic E-state index is 8.91. The molecular weight excluding hydrogens is 162 g/mol. The largest absolute Gasteiger partial charge is 0.396 e. The molecule has 0 aromatic heterocycles. The van der Waals surface area contributed by atoms with Crippen molar-refractivity contribution in [2.45, 2.75) is 39.2 Å². The van der Waals surface area contributed by atoms with Crippen LogP contribution in [0.1, 0.15) is 33.1 Å². The van der Waals surface area contributed by atoms with Crippen molar-refractivity contribution < 1.29 is 5.11 Å². The Morgan fingerprint density at radius 2 is 2.08 bits per heavy atom. The average molecular weight is 183 g/mol. The van der Waals surface area contributed by atoms with E-state index in [2.05, 4.69) is 13.8 Å². The smallest absolute Gasteiger partial charge is 0.0434 e. The van der Waals surface area contributed by atoms with Crippen LogP contribution in [0.4, 0.5) is 0 Å². The standard InChI is InChI=1S/C11H21NO/c1-11(2)8-5-7(3-4-13)10(12)9(11)6-8/h7-10,13H,3-6,12H2,1-2H3/t7-,8-,9-,10+/m0/s1. The van der Waals surface area contributed by atoms with Gasteiger partial charge < -0.3 is 10.8 Å². The second kappa shape index (κ2) is 2.96. The van der Waals surface area contributed by atoms with Crippen LogP contribution in [0.3, 0.4) is 0 Å². The van der Waals surface area contributed by atoms with Crippen molar-refractivity contribution in [3.8, 4) is 0 Å². The molecule has 0 spiro atoms. The van der Waals surface area contributed by atoms with E-state index in [9.17, 15) is 0 Å². The summed E-state index contributed by atoms with van der Waals surface area (Å²) in [5.74, 6) is 2.17. The van der Waals surface area contributed by atoms with E-state index in [1.807, 2.05) is 0 Å². The van der Waals surface area contributed by atoms with Crippen molar-refractivity contribution in [1.82, 2.24) is 0 Å². The Morgan fingerprint density at radius 3 is 2.54 bits per heavy atom. The summed E-state index contributed by atoms with van der Waals surface area (Å²) in [6, 6.07) is 0.340. The number of rotatable bonds is 2. The lowest BCUT2D eigenvalue weighted by atomic mass is 9.45. The summed E-state index contributed by atoms with van der Waals surface area (Å²) in [7, 11) is 0. The normalized spacial score (nSPS) is 47.1. The van der Waals surface area contributed by atoms with Gasteiger partial charge in [0.25, 0.3) is 0 Å². The highest BCUT2D eigenvalue weighted by atomic mass is 16.3. The van der Waals surface area contributed by atoms with Gasteiger partial charge in [-0.2, -0.15) is 0 Å². The van der Waals surface area contributed by atoms with Crippen LogP contribution >= 0.6 is 0 Å². The maximum Gasteiger partial charge on any atom is 0.0434 e. The summed E-state index contributed by atoms with van der Waals surface area (Å²) in [5, 5.41) is 8.91. The van der Waals surface area contributed by atoms with Gasteiger partial charge in [-0.1, -0.05) is 13.8 Å². The molecule has 76 valence electrons. The van der Waals surface area contributed by atoms with Crippen LogP contribution in [-0.4, -0.2) is 17.8 Å². The van der Waals surface area contributed by atoms with Gasteiger partial charge in [-0.25, -0.2) is 0 Å². The zero-order chi connectivity index (χ0) is 9.64. The molecule has 3 N–H and O–H groups in total. The molecule has 0 aliphatic heterocycles. The molecule has 0 saturated heterocycles.